The number of likely N-dealkylation sites (N-methyl/N-ethyl adjacent to an activating group) is 1. The van der Waals surface area contributed by atoms with E-state index >= 15 is 0 Å². The molecule has 0 aliphatic carbocycles. The molecule has 0 saturated heterocycles. The predicted octanol–water partition coefficient (Wildman–Crippen LogP) is 3.00. The second-order valence-electron chi connectivity index (χ2n) is 8.20. The Balaban J connectivity index is 2.35. The number of carbonyl (C=O) groups excluding carboxylic acids is 2. The molecule has 174 valence electrons. The van der Waals surface area contributed by atoms with Gasteiger partial charge in [-0.15, -0.1) is 0 Å². The number of amides is 2. The zero-order valence-corrected chi connectivity index (χ0v) is 19.3. The van der Waals surface area contributed by atoms with E-state index in [0.717, 1.165) is 5.56 Å². The number of nitrogens with one attached hydrogen (secondary N) is 2. The quantitative estimate of drug-likeness (QED) is 0.517. The zero-order chi connectivity index (χ0) is 23.9. The lowest BCUT2D eigenvalue weighted by Crippen LogP contribution is -2.51. The van der Waals surface area contributed by atoms with Gasteiger partial charge in [0, 0.05) is 20.0 Å². The molecule has 2 rings (SSSR count). The van der Waals surface area contributed by atoms with E-state index in [-0.39, 0.29) is 24.6 Å². The van der Waals surface area contributed by atoms with Crippen LogP contribution in [-0.2, 0) is 32.8 Å². The van der Waals surface area contributed by atoms with Gasteiger partial charge in [-0.2, -0.15) is 8.42 Å². The van der Waals surface area contributed by atoms with Gasteiger partial charge in [0.15, 0.2) is 0 Å². The van der Waals surface area contributed by atoms with E-state index in [0.29, 0.717) is 5.56 Å². The molecule has 1 atom stereocenters. The van der Waals surface area contributed by atoms with E-state index in [9.17, 15) is 18.0 Å². The van der Waals surface area contributed by atoms with E-state index in [1.54, 1.807) is 32.9 Å². The van der Waals surface area contributed by atoms with Crippen LogP contribution in [0.2, 0.25) is 0 Å². The first-order valence-corrected chi connectivity index (χ1v) is 11.4. The van der Waals surface area contributed by atoms with Crippen LogP contribution in [0.25, 0.3) is 0 Å². The van der Waals surface area contributed by atoms with Crippen molar-refractivity contribution in [2.24, 2.45) is 0 Å². The van der Waals surface area contributed by atoms with Crippen LogP contribution in [0, 0.1) is 0 Å². The zero-order valence-electron chi connectivity index (χ0n) is 18.5. The van der Waals surface area contributed by atoms with E-state index in [4.69, 9.17) is 9.29 Å². The van der Waals surface area contributed by atoms with Crippen molar-refractivity contribution in [2.45, 2.75) is 45.4 Å². The largest absolute Gasteiger partial charge is 0.444 e. The van der Waals surface area contributed by atoms with Crippen molar-refractivity contribution in [1.82, 2.24) is 10.2 Å². The molecule has 0 spiro atoms. The first kappa shape index (κ1) is 25.2. The van der Waals surface area contributed by atoms with Crippen molar-refractivity contribution < 1.29 is 27.3 Å². The molecular formula is C22H29N3O6S. The lowest BCUT2D eigenvalue weighted by molar-refractivity contribution is -0.126. The van der Waals surface area contributed by atoms with Crippen LogP contribution in [0.5, 0.6) is 0 Å². The molecule has 2 aromatic rings. The van der Waals surface area contributed by atoms with Gasteiger partial charge >= 0.3 is 16.4 Å². The van der Waals surface area contributed by atoms with Crippen LogP contribution in [0.3, 0.4) is 0 Å². The van der Waals surface area contributed by atoms with Crippen molar-refractivity contribution in [3.05, 3.63) is 65.7 Å². The van der Waals surface area contributed by atoms with Crippen LogP contribution in [-0.4, -0.2) is 48.6 Å². The van der Waals surface area contributed by atoms with Crippen molar-refractivity contribution >= 4 is 28.0 Å². The molecule has 0 heterocycles. The SMILES string of the molecule is CNC(=O)C(Cc1ccc(NS(=O)(=O)O)cc1)N(Cc1ccccc1)C(=O)OC(C)(C)C. The van der Waals surface area contributed by atoms with Gasteiger partial charge in [0.25, 0.3) is 0 Å². The molecule has 2 aromatic carbocycles. The highest BCUT2D eigenvalue weighted by Crippen LogP contribution is 2.20. The molecule has 32 heavy (non-hydrogen) atoms. The first-order chi connectivity index (χ1) is 14.9. The molecule has 0 fully saturated rings. The Morgan fingerprint density at radius 1 is 1.03 bits per heavy atom. The van der Waals surface area contributed by atoms with Gasteiger partial charge in [-0.25, -0.2) is 4.79 Å². The number of hydrogen-bond acceptors (Lipinski definition) is 5. The van der Waals surface area contributed by atoms with Gasteiger partial charge in [-0.1, -0.05) is 42.5 Å². The molecule has 0 aliphatic heterocycles. The molecule has 2 amide bonds. The molecular weight excluding hydrogens is 434 g/mol. The average Bonchev–Trinajstić information content (AvgIpc) is 2.69. The van der Waals surface area contributed by atoms with Crippen LogP contribution >= 0.6 is 0 Å². The number of benzene rings is 2. The number of nitrogens with zero attached hydrogens (tertiary/aromatic N) is 1. The Bertz CT molecular complexity index is 1020. The molecule has 10 heteroatoms. The van der Waals surface area contributed by atoms with Crippen molar-refractivity contribution in [2.75, 3.05) is 11.8 Å². The average molecular weight is 464 g/mol. The molecule has 0 bridgehead atoms. The van der Waals surface area contributed by atoms with E-state index in [1.807, 2.05) is 35.1 Å². The number of hydrogen-bond donors (Lipinski definition) is 3. The molecule has 0 saturated carbocycles. The third kappa shape index (κ3) is 8.20. The van der Waals surface area contributed by atoms with Crippen LogP contribution < -0.4 is 10.0 Å². The van der Waals surface area contributed by atoms with E-state index < -0.39 is 28.0 Å². The molecule has 0 aliphatic rings. The van der Waals surface area contributed by atoms with Gasteiger partial charge < -0.3 is 10.1 Å². The Morgan fingerprint density at radius 2 is 1.62 bits per heavy atom. The van der Waals surface area contributed by atoms with Crippen molar-refractivity contribution in [1.29, 1.82) is 0 Å². The summed E-state index contributed by atoms with van der Waals surface area (Å²) in [7, 11) is -2.90. The lowest BCUT2D eigenvalue weighted by Gasteiger charge is -2.33. The predicted molar refractivity (Wildman–Crippen MR) is 121 cm³/mol. The van der Waals surface area contributed by atoms with Gasteiger partial charge in [-0.05, 0) is 44.0 Å². The second-order valence-corrected chi connectivity index (χ2v) is 9.36. The summed E-state index contributed by atoms with van der Waals surface area (Å²) < 4.78 is 38.4. The summed E-state index contributed by atoms with van der Waals surface area (Å²) >= 11 is 0. The van der Waals surface area contributed by atoms with Crippen LogP contribution in [0.15, 0.2) is 54.6 Å². The smallest absolute Gasteiger partial charge is 0.411 e. The van der Waals surface area contributed by atoms with Gasteiger partial charge in [0.05, 0.1) is 5.69 Å². The second kappa shape index (κ2) is 10.5. The highest BCUT2D eigenvalue weighted by atomic mass is 32.2. The standard InChI is InChI=1S/C22H29N3O6S/c1-22(2,3)31-21(27)25(15-17-8-6-5-7-9-17)19(20(26)23-4)14-16-10-12-18(13-11-16)24-32(28,29)30/h5-13,19,24H,14-15H2,1-4H3,(H,23,26)(H,28,29,30). The van der Waals surface area contributed by atoms with Crippen LogP contribution in [0.4, 0.5) is 10.5 Å². The molecule has 0 radical (unpaired) electrons. The summed E-state index contributed by atoms with van der Waals surface area (Å²) in [5, 5.41) is 2.60. The molecule has 0 aromatic heterocycles. The number of rotatable bonds is 8. The van der Waals surface area contributed by atoms with E-state index in [1.165, 1.54) is 24.1 Å². The Morgan fingerprint density at radius 3 is 2.12 bits per heavy atom. The minimum Gasteiger partial charge on any atom is -0.444 e. The third-order valence-corrected chi connectivity index (χ3v) is 4.87. The Hall–Kier alpha value is -3.11. The Kier molecular flexibility index (Phi) is 8.23. The highest BCUT2D eigenvalue weighted by Gasteiger charge is 2.33. The lowest BCUT2D eigenvalue weighted by atomic mass is 10.0. The normalized spacial score (nSPS) is 12.5. The van der Waals surface area contributed by atoms with Gasteiger partial charge in [0.1, 0.15) is 11.6 Å². The maximum atomic E-state index is 13.0. The van der Waals surface area contributed by atoms with E-state index in [2.05, 4.69) is 5.32 Å². The maximum absolute atomic E-state index is 13.0. The summed E-state index contributed by atoms with van der Waals surface area (Å²) in [5.74, 6) is -0.369. The first-order valence-electron chi connectivity index (χ1n) is 9.97. The maximum Gasteiger partial charge on any atom is 0.411 e. The summed E-state index contributed by atoms with van der Waals surface area (Å²) in [6.07, 6.45) is -0.461. The molecule has 9 nitrogen and oxygen atoms in total. The van der Waals surface area contributed by atoms with Crippen molar-refractivity contribution in [3.8, 4) is 0 Å². The third-order valence-electron chi connectivity index (χ3n) is 4.38. The molecule has 1 unspecified atom stereocenters. The van der Waals surface area contributed by atoms with Crippen molar-refractivity contribution in [3.63, 3.8) is 0 Å². The summed E-state index contributed by atoms with van der Waals surface area (Å²) in [6.45, 7) is 5.42. The van der Waals surface area contributed by atoms with Gasteiger partial charge in [-0.3, -0.25) is 19.0 Å². The monoisotopic (exact) mass is 463 g/mol. The highest BCUT2D eigenvalue weighted by molar-refractivity contribution is 7.87. The fraction of sp³-hybridized carbons (Fsp3) is 0.364. The number of carbonyl (C=O) groups is 2. The summed E-state index contributed by atoms with van der Waals surface area (Å²) in [5.41, 5.74) is 0.935. The Labute approximate surface area is 188 Å². The fourth-order valence-corrected chi connectivity index (χ4v) is 3.43. The minimum atomic E-state index is -4.39. The van der Waals surface area contributed by atoms with Crippen LogP contribution in [0.1, 0.15) is 31.9 Å². The summed E-state index contributed by atoms with van der Waals surface area (Å²) in [4.78, 5) is 27.2. The fourth-order valence-electron chi connectivity index (χ4n) is 2.99. The topological polar surface area (TPSA) is 125 Å². The summed E-state index contributed by atoms with van der Waals surface area (Å²) in [6, 6.07) is 14.5. The number of anilines is 1. The number of ether oxygens (including phenoxy) is 1. The molecule has 3 N–H and O–H groups in total. The minimum absolute atomic E-state index is 0.163. The van der Waals surface area contributed by atoms with Gasteiger partial charge in [0.2, 0.25) is 5.91 Å².